The molecule has 1 N–H and O–H groups in total. The van der Waals surface area contributed by atoms with E-state index in [1.807, 2.05) is 42.4 Å². The molecule has 172 valence electrons. The van der Waals surface area contributed by atoms with Gasteiger partial charge in [-0.05, 0) is 37.3 Å². The molecule has 1 aromatic carbocycles. The lowest BCUT2D eigenvalue weighted by Crippen LogP contribution is -2.39. The molecule has 2 aliphatic heterocycles. The predicted molar refractivity (Wildman–Crippen MR) is 127 cm³/mol. The zero-order valence-electron chi connectivity index (χ0n) is 18.7. The van der Waals surface area contributed by atoms with Gasteiger partial charge < -0.3 is 19.7 Å². The van der Waals surface area contributed by atoms with Crippen LogP contribution >= 0.6 is 23.4 Å². The Hall–Kier alpha value is -2.29. The number of amidine groups is 1. The summed E-state index contributed by atoms with van der Waals surface area (Å²) in [7, 11) is 1.55. The number of rotatable bonds is 9. The number of carbonyl (C=O) groups is 2. The molecule has 0 radical (unpaired) electrons. The van der Waals surface area contributed by atoms with Crippen LogP contribution in [0.3, 0.4) is 0 Å². The molecule has 3 rings (SSSR count). The lowest BCUT2D eigenvalue weighted by Gasteiger charge is -2.36. The van der Waals surface area contributed by atoms with E-state index in [1.165, 1.54) is 11.8 Å². The van der Waals surface area contributed by atoms with E-state index in [9.17, 15) is 9.59 Å². The van der Waals surface area contributed by atoms with Crippen LogP contribution < -0.4 is 5.32 Å². The van der Waals surface area contributed by atoms with Crippen molar-refractivity contribution in [1.82, 2.24) is 10.2 Å². The number of amides is 1. The Labute approximate surface area is 197 Å². The van der Waals surface area contributed by atoms with Crippen LogP contribution in [0.15, 0.2) is 51.6 Å². The van der Waals surface area contributed by atoms with Crippen molar-refractivity contribution in [2.24, 2.45) is 4.99 Å². The zero-order valence-corrected chi connectivity index (χ0v) is 20.3. The number of methoxy groups -OCH3 is 1. The fourth-order valence-corrected chi connectivity index (χ4v) is 4.71. The molecule has 9 heteroatoms. The molecule has 0 aliphatic carbocycles. The first kappa shape index (κ1) is 24.4. The number of benzene rings is 1. The van der Waals surface area contributed by atoms with Crippen LogP contribution in [0.5, 0.6) is 0 Å². The Morgan fingerprint density at radius 3 is 2.75 bits per heavy atom. The third kappa shape index (κ3) is 5.36. The monoisotopic (exact) mass is 477 g/mol. The van der Waals surface area contributed by atoms with Gasteiger partial charge in [0.25, 0.3) is 0 Å². The zero-order chi connectivity index (χ0) is 23.3. The molecular formula is C23H28ClN3O4S. The summed E-state index contributed by atoms with van der Waals surface area (Å²) in [6.45, 7) is 6.20. The summed E-state index contributed by atoms with van der Waals surface area (Å²) in [6, 6.07) is 6.91. The summed E-state index contributed by atoms with van der Waals surface area (Å²) in [5.41, 5.74) is 2.47. The minimum Gasteiger partial charge on any atom is -0.460 e. The molecule has 1 amide bonds. The molecular weight excluding hydrogens is 450 g/mol. The van der Waals surface area contributed by atoms with E-state index < -0.39 is 12.0 Å². The average molecular weight is 478 g/mol. The van der Waals surface area contributed by atoms with Crippen LogP contribution in [0, 0.1) is 0 Å². The molecule has 0 aromatic heterocycles. The molecule has 0 spiro atoms. The van der Waals surface area contributed by atoms with Gasteiger partial charge in [-0.1, -0.05) is 48.5 Å². The highest BCUT2D eigenvalue weighted by molar-refractivity contribution is 8.16. The second-order valence-electron chi connectivity index (χ2n) is 7.60. The molecule has 7 nitrogen and oxygen atoms in total. The smallest absolute Gasteiger partial charge is 0.338 e. The maximum absolute atomic E-state index is 13.1. The summed E-state index contributed by atoms with van der Waals surface area (Å²) in [6.07, 6.45) is 1.01. The number of aliphatic imine (C=N–C) groups is 1. The Kier molecular flexibility index (Phi) is 8.39. The molecule has 0 saturated heterocycles. The second kappa shape index (κ2) is 11.0. The molecule has 1 aromatic rings. The first-order valence-electron chi connectivity index (χ1n) is 10.5. The fraction of sp³-hybridized carbons (Fsp3) is 0.435. The number of hydrogen-bond acceptors (Lipinski definition) is 7. The Morgan fingerprint density at radius 2 is 2.06 bits per heavy atom. The van der Waals surface area contributed by atoms with Gasteiger partial charge in [0.2, 0.25) is 5.91 Å². The van der Waals surface area contributed by atoms with Crippen molar-refractivity contribution in [3.05, 3.63) is 57.2 Å². The van der Waals surface area contributed by atoms with Crippen LogP contribution in [0.4, 0.5) is 0 Å². The summed E-state index contributed by atoms with van der Waals surface area (Å²) in [5.74, 6) is -0.562. The number of esters is 1. The summed E-state index contributed by atoms with van der Waals surface area (Å²) >= 11 is 8.00. The van der Waals surface area contributed by atoms with E-state index in [1.54, 1.807) is 20.1 Å². The number of nitrogens with one attached hydrogen (secondary N) is 1. The number of thioether (sulfide) groups is 1. The first-order chi connectivity index (χ1) is 15.4. The summed E-state index contributed by atoms with van der Waals surface area (Å²) in [5, 5.41) is 6.13. The SMILES string of the molecule is CCC(C)NC(=O)CC1=CSC2=NC(C)=C(C(=O)OCCOC)C(c3ccccc3Cl)N12. The maximum atomic E-state index is 13.1. The van der Waals surface area contributed by atoms with Crippen LogP contribution in [-0.4, -0.2) is 48.3 Å². The second-order valence-corrected chi connectivity index (χ2v) is 8.84. The summed E-state index contributed by atoms with van der Waals surface area (Å²) < 4.78 is 10.4. The van der Waals surface area contributed by atoms with Gasteiger partial charge in [0.15, 0.2) is 5.17 Å². The number of fused-ring (bicyclic) bond motifs is 1. The standard InChI is InChI=1S/C23H28ClN3O4S/c1-5-14(2)25-19(28)12-16-13-32-23-26-15(3)20(22(29)31-11-10-30-4)21(27(16)23)17-8-6-7-9-18(17)24/h6-9,13-14,21H,5,10-12H2,1-4H3,(H,25,28). The van der Waals surface area contributed by atoms with Crippen LogP contribution in [0.2, 0.25) is 5.02 Å². The van der Waals surface area contributed by atoms with Crippen LogP contribution in [0.25, 0.3) is 0 Å². The van der Waals surface area contributed by atoms with Gasteiger partial charge in [0.1, 0.15) is 6.61 Å². The maximum Gasteiger partial charge on any atom is 0.338 e. The fourth-order valence-electron chi connectivity index (χ4n) is 3.51. The molecule has 0 fully saturated rings. The Morgan fingerprint density at radius 1 is 1.31 bits per heavy atom. The van der Waals surface area contributed by atoms with E-state index >= 15 is 0 Å². The van der Waals surface area contributed by atoms with Crippen molar-refractivity contribution in [2.75, 3.05) is 20.3 Å². The molecule has 2 heterocycles. The van der Waals surface area contributed by atoms with Crippen molar-refractivity contribution in [2.45, 2.75) is 45.7 Å². The number of halogens is 1. The van der Waals surface area contributed by atoms with Gasteiger partial charge in [-0.15, -0.1) is 0 Å². The predicted octanol–water partition coefficient (Wildman–Crippen LogP) is 4.41. The normalized spacial score (nSPS) is 18.7. The summed E-state index contributed by atoms with van der Waals surface area (Å²) in [4.78, 5) is 32.3. The number of nitrogens with zero attached hydrogens (tertiary/aromatic N) is 2. The minimum absolute atomic E-state index is 0.0825. The van der Waals surface area contributed by atoms with Crippen molar-refractivity contribution >= 4 is 40.4 Å². The molecule has 2 aliphatic rings. The molecule has 0 bridgehead atoms. The average Bonchev–Trinajstić information content (AvgIpc) is 3.15. The van der Waals surface area contributed by atoms with Crippen LogP contribution in [0.1, 0.15) is 45.2 Å². The van der Waals surface area contributed by atoms with Gasteiger partial charge in [0, 0.05) is 23.9 Å². The van der Waals surface area contributed by atoms with Crippen molar-refractivity contribution in [3.63, 3.8) is 0 Å². The van der Waals surface area contributed by atoms with Gasteiger partial charge in [-0.25, -0.2) is 9.79 Å². The molecule has 0 saturated carbocycles. The molecule has 32 heavy (non-hydrogen) atoms. The highest BCUT2D eigenvalue weighted by Crippen LogP contribution is 2.46. The van der Waals surface area contributed by atoms with Crippen molar-refractivity contribution in [3.8, 4) is 0 Å². The first-order valence-corrected chi connectivity index (χ1v) is 11.8. The van der Waals surface area contributed by atoms with Gasteiger partial charge in [-0.3, -0.25) is 4.79 Å². The van der Waals surface area contributed by atoms with E-state index in [0.29, 0.717) is 28.1 Å². The van der Waals surface area contributed by atoms with E-state index in [0.717, 1.165) is 17.7 Å². The Balaban J connectivity index is 1.98. The van der Waals surface area contributed by atoms with E-state index in [-0.39, 0.29) is 25.0 Å². The largest absolute Gasteiger partial charge is 0.460 e. The minimum atomic E-state index is -0.552. The third-order valence-corrected chi connectivity index (χ3v) is 6.54. The highest BCUT2D eigenvalue weighted by atomic mass is 35.5. The van der Waals surface area contributed by atoms with E-state index in [2.05, 4.69) is 10.3 Å². The quantitative estimate of drug-likeness (QED) is 0.419. The lowest BCUT2D eigenvalue weighted by atomic mass is 9.93. The van der Waals surface area contributed by atoms with E-state index in [4.69, 9.17) is 21.1 Å². The molecule has 2 atom stereocenters. The van der Waals surface area contributed by atoms with Gasteiger partial charge in [-0.2, -0.15) is 0 Å². The molecule has 2 unspecified atom stereocenters. The Bertz CT molecular complexity index is 976. The van der Waals surface area contributed by atoms with Crippen molar-refractivity contribution in [1.29, 1.82) is 0 Å². The number of hydrogen-bond donors (Lipinski definition) is 1. The third-order valence-electron chi connectivity index (χ3n) is 5.30. The number of ether oxygens (including phenoxy) is 2. The highest BCUT2D eigenvalue weighted by Gasteiger charge is 2.41. The lowest BCUT2D eigenvalue weighted by molar-refractivity contribution is -0.141. The van der Waals surface area contributed by atoms with Crippen molar-refractivity contribution < 1.29 is 19.1 Å². The number of allylic oxidation sites excluding steroid dienone is 1. The van der Waals surface area contributed by atoms with Gasteiger partial charge in [0.05, 0.1) is 30.3 Å². The van der Waals surface area contributed by atoms with Gasteiger partial charge >= 0.3 is 5.97 Å². The van der Waals surface area contributed by atoms with Crippen LogP contribution in [-0.2, 0) is 19.1 Å². The number of carbonyl (C=O) groups excluding carboxylic acids is 2. The topological polar surface area (TPSA) is 80.2 Å².